The zero-order valence-electron chi connectivity index (χ0n) is 8.80. The number of nitrogens with two attached hydrogens (primary N) is 1. The lowest BCUT2D eigenvalue weighted by Gasteiger charge is -2.16. The van der Waals surface area contributed by atoms with Crippen molar-refractivity contribution in [3.05, 3.63) is 28.8 Å². The maximum Gasteiger partial charge on any atom is 0.126 e. The fourth-order valence-corrected chi connectivity index (χ4v) is 1.79. The van der Waals surface area contributed by atoms with Crippen LogP contribution in [0.5, 0.6) is 5.75 Å². The van der Waals surface area contributed by atoms with E-state index in [1.54, 1.807) is 7.11 Å². The molecule has 1 unspecified atom stereocenters. The lowest BCUT2D eigenvalue weighted by molar-refractivity contribution is 0.404. The van der Waals surface area contributed by atoms with Crippen LogP contribution in [0.3, 0.4) is 0 Å². The van der Waals surface area contributed by atoms with Gasteiger partial charge in [0.15, 0.2) is 0 Å². The number of benzene rings is 1. The second-order valence-electron chi connectivity index (χ2n) is 3.47. The second-order valence-corrected chi connectivity index (χ2v) is 3.77. The van der Waals surface area contributed by atoms with Crippen molar-refractivity contribution in [2.75, 3.05) is 13.0 Å². The monoisotopic (exact) mass is 213 g/mol. The predicted octanol–water partition coefficient (Wildman–Crippen LogP) is 2.55. The van der Waals surface area contributed by atoms with E-state index in [2.05, 4.69) is 6.07 Å². The van der Waals surface area contributed by atoms with Gasteiger partial charge in [-0.15, -0.1) is 11.6 Å². The average molecular weight is 214 g/mol. The standard InChI is InChI=1S/C11H16ClNO/c1-7-4-8(2)11(14-3)9(5-7)10(13)6-12/h4-5,10H,6,13H2,1-3H3. The van der Waals surface area contributed by atoms with Crippen molar-refractivity contribution >= 4 is 11.6 Å². The third-order valence-electron chi connectivity index (χ3n) is 2.22. The normalized spacial score (nSPS) is 12.6. The first-order valence-corrected chi connectivity index (χ1v) is 5.10. The molecule has 1 atom stereocenters. The number of ether oxygens (including phenoxy) is 1. The first-order chi connectivity index (χ1) is 6.60. The Kier molecular flexibility index (Phi) is 3.78. The van der Waals surface area contributed by atoms with E-state index in [1.807, 2.05) is 19.9 Å². The summed E-state index contributed by atoms with van der Waals surface area (Å²) in [4.78, 5) is 0. The van der Waals surface area contributed by atoms with Crippen LogP contribution in [0.4, 0.5) is 0 Å². The summed E-state index contributed by atoms with van der Waals surface area (Å²) in [5, 5.41) is 0. The van der Waals surface area contributed by atoms with Gasteiger partial charge in [0.1, 0.15) is 5.75 Å². The van der Waals surface area contributed by atoms with Crippen molar-refractivity contribution < 1.29 is 4.74 Å². The Bertz CT molecular complexity index is 325. The highest BCUT2D eigenvalue weighted by atomic mass is 35.5. The Morgan fingerprint density at radius 3 is 2.57 bits per heavy atom. The zero-order chi connectivity index (χ0) is 10.7. The molecule has 0 aliphatic rings. The molecule has 2 N–H and O–H groups in total. The topological polar surface area (TPSA) is 35.2 Å². The van der Waals surface area contributed by atoms with Gasteiger partial charge in [-0.25, -0.2) is 0 Å². The second kappa shape index (κ2) is 4.67. The molecule has 1 rings (SSSR count). The number of methoxy groups -OCH3 is 1. The van der Waals surface area contributed by atoms with E-state index in [4.69, 9.17) is 22.1 Å². The quantitative estimate of drug-likeness (QED) is 0.784. The molecular formula is C11H16ClNO. The maximum absolute atomic E-state index is 5.90. The van der Waals surface area contributed by atoms with Crippen molar-refractivity contribution in [1.82, 2.24) is 0 Å². The van der Waals surface area contributed by atoms with Crippen molar-refractivity contribution in [1.29, 1.82) is 0 Å². The fourth-order valence-electron chi connectivity index (χ4n) is 1.62. The summed E-state index contributed by atoms with van der Waals surface area (Å²) in [5.41, 5.74) is 9.16. The molecule has 0 fully saturated rings. The molecule has 78 valence electrons. The average Bonchev–Trinajstić information content (AvgIpc) is 2.15. The summed E-state index contributed by atoms with van der Waals surface area (Å²) in [5.74, 6) is 1.25. The van der Waals surface area contributed by atoms with Gasteiger partial charge in [-0.05, 0) is 19.4 Å². The molecule has 0 radical (unpaired) electrons. The Morgan fingerprint density at radius 2 is 2.07 bits per heavy atom. The van der Waals surface area contributed by atoms with Gasteiger partial charge in [-0.2, -0.15) is 0 Å². The Hall–Kier alpha value is -0.730. The molecule has 0 bridgehead atoms. The molecule has 0 aliphatic heterocycles. The molecule has 0 spiro atoms. The molecule has 0 aromatic heterocycles. The van der Waals surface area contributed by atoms with Crippen LogP contribution in [-0.4, -0.2) is 13.0 Å². The number of hydrogen-bond acceptors (Lipinski definition) is 2. The molecular weight excluding hydrogens is 198 g/mol. The highest BCUT2D eigenvalue weighted by Gasteiger charge is 2.13. The smallest absolute Gasteiger partial charge is 0.126 e. The molecule has 0 saturated heterocycles. The van der Waals surface area contributed by atoms with Gasteiger partial charge in [-0.1, -0.05) is 17.7 Å². The SMILES string of the molecule is COc1c(C)cc(C)cc1C(N)CCl. The van der Waals surface area contributed by atoms with Gasteiger partial charge in [0.2, 0.25) is 0 Å². The number of hydrogen-bond donors (Lipinski definition) is 1. The minimum absolute atomic E-state index is 0.162. The lowest BCUT2D eigenvalue weighted by atomic mass is 10.0. The van der Waals surface area contributed by atoms with Gasteiger partial charge < -0.3 is 10.5 Å². The fraction of sp³-hybridized carbons (Fsp3) is 0.455. The summed E-state index contributed by atoms with van der Waals surface area (Å²) in [7, 11) is 1.65. The van der Waals surface area contributed by atoms with Crippen molar-refractivity contribution in [3.63, 3.8) is 0 Å². The lowest BCUT2D eigenvalue weighted by Crippen LogP contribution is -2.13. The van der Waals surface area contributed by atoms with Crippen LogP contribution in [0.1, 0.15) is 22.7 Å². The Labute approximate surface area is 90.0 Å². The first kappa shape index (κ1) is 11.3. The van der Waals surface area contributed by atoms with E-state index >= 15 is 0 Å². The van der Waals surface area contributed by atoms with E-state index in [0.29, 0.717) is 5.88 Å². The molecule has 0 heterocycles. The van der Waals surface area contributed by atoms with Crippen LogP contribution in [-0.2, 0) is 0 Å². The largest absolute Gasteiger partial charge is 0.496 e. The molecule has 1 aromatic rings. The third-order valence-corrected chi connectivity index (χ3v) is 2.55. The summed E-state index contributed by atoms with van der Waals surface area (Å²) in [6.45, 7) is 4.05. The van der Waals surface area contributed by atoms with E-state index in [9.17, 15) is 0 Å². The molecule has 0 saturated carbocycles. The van der Waals surface area contributed by atoms with Crippen LogP contribution in [0, 0.1) is 13.8 Å². The highest BCUT2D eigenvalue weighted by Crippen LogP contribution is 2.29. The Balaban J connectivity index is 3.24. The van der Waals surface area contributed by atoms with Crippen LogP contribution in [0.15, 0.2) is 12.1 Å². The van der Waals surface area contributed by atoms with Gasteiger partial charge in [0.25, 0.3) is 0 Å². The number of rotatable bonds is 3. The summed E-state index contributed by atoms with van der Waals surface area (Å²) in [6, 6.07) is 3.94. The Morgan fingerprint density at radius 1 is 1.43 bits per heavy atom. The molecule has 3 heteroatoms. The number of aryl methyl sites for hydroxylation is 2. The number of halogens is 1. The maximum atomic E-state index is 5.90. The van der Waals surface area contributed by atoms with E-state index in [1.165, 1.54) is 5.56 Å². The molecule has 14 heavy (non-hydrogen) atoms. The highest BCUT2D eigenvalue weighted by molar-refractivity contribution is 6.18. The van der Waals surface area contributed by atoms with Crippen molar-refractivity contribution in [2.45, 2.75) is 19.9 Å². The molecule has 2 nitrogen and oxygen atoms in total. The minimum atomic E-state index is -0.162. The van der Waals surface area contributed by atoms with Crippen LogP contribution in [0.25, 0.3) is 0 Å². The van der Waals surface area contributed by atoms with Gasteiger partial charge in [0.05, 0.1) is 7.11 Å². The van der Waals surface area contributed by atoms with Gasteiger partial charge in [0, 0.05) is 17.5 Å². The minimum Gasteiger partial charge on any atom is -0.496 e. The van der Waals surface area contributed by atoms with Crippen molar-refractivity contribution in [2.24, 2.45) is 5.73 Å². The van der Waals surface area contributed by atoms with E-state index in [-0.39, 0.29) is 6.04 Å². The summed E-state index contributed by atoms with van der Waals surface area (Å²) < 4.78 is 5.32. The van der Waals surface area contributed by atoms with Crippen LogP contribution >= 0.6 is 11.6 Å². The molecule has 0 aliphatic carbocycles. The van der Waals surface area contributed by atoms with Gasteiger partial charge >= 0.3 is 0 Å². The molecule has 1 aromatic carbocycles. The summed E-state index contributed by atoms with van der Waals surface area (Å²) in [6.07, 6.45) is 0. The summed E-state index contributed by atoms with van der Waals surface area (Å²) >= 11 is 5.74. The first-order valence-electron chi connectivity index (χ1n) is 4.56. The van der Waals surface area contributed by atoms with Crippen molar-refractivity contribution in [3.8, 4) is 5.75 Å². The third kappa shape index (κ3) is 2.20. The zero-order valence-corrected chi connectivity index (χ0v) is 9.56. The number of alkyl halides is 1. The van der Waals surface area contributed by atoms with E-state index in [0.717, 1.165) is 16.9 Å². The van der Waals surface area contributed by atoms with Gasteiger partial charge in [-0.3, -0.25) is 0 Å². The predicted molar refractivity (Wildman–Crippen MR) is 60.1 cm³/mol. The van der Waals surface area contributed by atoms with Crippen LogP contribution < -0.4 is 10.5 Å². The van der Waals surface area contributed by atoms with Crippen LogP contribution in [0.2, 0.25) is 0 Å². The van der Waals surface area contributed by atoms with E-state index < -0.39 is 0 Å². The molecule has 0 amide bonds.